The van der Waals surface area contributed by atoms with Gasteiger partial charge in [-0.1, -0.05) is 30.3 Å². The van der Waals surface area contributed by atoms with Crippen LogP contribution in [0.15, 0.2) is 30.3 Å². The van der Waals surface area contributed by atoms with Gasteiger partial charge in [0.1, 0.15) is 6.61 Å². The molecule has 1 aromatic rings. The van der Waals surface area contributed by atoms with Crippen molar-refractivity contribution in [1.29, 1.82) is 0 Å². The SMILES string of the molecule is CC(=O)NC[C@](N)(C(=O)O)C(=O)OCc1ccccc1. The van der Waals surface area contributed by atoms with E-state index in [1.54, 1.807) is 30.3 Å². The summed E-state index contributed by atoms with van der Waals surface area (Å²) >= 11 is 0. The molecule has 0 spiro atoms. The zero-order valence-corrected chi connectivity index (χ0v) is 11.0. The Morgan fingerprint density at radius 3 is 2.40 bits per heavy atom. The van der Waals surface area contributed by atoms with Crippen LogP contribution in [-0.4, -0.2) is 35.0 Å². The van der Waals surface area contributed by atoms with Gasteiger partial charge in [0.05, 0.1) is 6.54 Å². The van der Waals surface area contributed by atoms with Gasteiger partial charge in [-0.3, -0.25) is 4.79 Å². The van der Waals surface area contributed by atoms with E-state index in [9.17, 15) is 14.4 Å². The highest BCUT2D eigenvalue weighted by Crippen LogP contribution is 2.07. The number of carboxylic acids is 1. The molecule has 1 atom stereocenters. The summed E-state index contributed by atoms with van der Waals surface area (Å²) in [5, 5.41) is 11.2. The number of nitrogens with two attached hydrogens (primary N) is 1. The second-order valence-electron chi connectivity index (χ2n) is 4.25. The molecule has 4 N–H and O–H groups in total. The highest BCUT2D eigenvalue weighted by atomic mass is 16.5. The summed E-state index contributed by atoms with van der Waals surface area (Å²) in [4.78, 5) is 33.7. The van der Waals surface area contributed by atoms with Gasteiger partial charge >= 0.3 is 11.9 Å². The third-order valence-corrected chi connectivity index (χ3v) is 2.57. The largest absolute Gasteiger partial charge is 0.479 e. The molecule has 1 amide bonds. The quantitative estimate of drug-likeness (QED) is 0.484. The van der Waals surface area contributed by atoms with E-state index in [-0.39, 0.29) is 6.61 Å². The summed E-state index contributed by atoms with van der Waals surface area (Å²) in [5.41, 5.74) is 3.90. The summed E-state index contributed by atoms with van der Waals surface area (Å²) in [7, 11) is 0. The third-order valence-electron chi connectivity index (χ3n) is 2.57. The fourth-order valence-corrected chi connectivity index (χ4v) is 1.35. The number of carbonyl (C=O) groups is 3. The number of esters is 1. The molecule has 0 radical (unpaired) electrons. The predicted molar refractivity (Wildman–Crippen MR) is 69.5 cm³/mol. The number of hydrogen-bond donors (Lipinski definition) is 3. The van der Waals surface area contributed by atoms with Gasteiger partial charge in [-0.05, 0) is 5.56 Å². The van der Waals surface area contributed by atoms with E-state index in [2.05, 4.69) is 5.32 Å². The number of nitrogens with one attached hydrogen (secondary N) is 1. The lowest BCUT2D eigenvalue weighted by Crippen LogP contribution is -2.62. The molecule has 0 aliphatic rings. The van der Waals surface area contributed by atoms with Crippen LogP contribution in [-0.2, 0) is 25.7 Å². The van der Waals surface area contributed by atoms with Gasteiger partial charge in [-0.25, -0.2) is 9.59 Å². The second kappa shape index (κ2) is 6.67. The van der Waals surface area contributed by atoms with Crippen LogP contribution >= 0.6 is 0 Å². The van der Waals surface area contributed by atoms with Crippen molar-refractivity contribution in [3.05, 3.63) is 35.9 Å². The molecule has 0 aromatic heterocycles. The first-order chi connectivity index (χ1) is 9.36. The number of amides is 1. The molecule has 0 saturated carbocycles. The van der Waals surface area contributed by atoms with Crippen molar-refractivity contribution >= 4 is 17.8 Å². The van der Waals surface area contributed by atoms with E-state index >= 15 is 0 Å². The summed E-state index contributed by atoms with van der Waals surface area (Å²) < 4.78 is 4.89. The van der Waals surface area contributed by atoms with Crippen LogP contribution in [0.5, 0.6) is 0 Å². The smallest absolute Gasteiger partial charge is 0.340 e. The summed E-state index contributed by atoms with van der Waals surface area (Å²) in [6.45, 7) is 0.564. The zero-order valence-electron chi connectivity index (χ0n) is 11.0. The molecular weight excluding hydrogens is 264 g/mol. The van der Waals surface area contributed by atoms with E-state index < -0.39 is 29.9 Å². The number of rotatable bonds is 6. The number of carboxylic acid groups (broad SMARTS) is 1. The Labute approximate surface area is 115 Å². The zero-order chi connectivity index (χ0) is 15.2. The molecule has 20 heavy (non-hydrogen) atoms. The lowest BCUT2D eigenvalue weighted by molar-refractivity contribution is -0.161. The molecule has 0 saturated heterocycles. The van der Waals surface area contributed by atoms with Crippen LogP contribution in [0, 0.1) is 0 Å². The monoisotopic (exact) mass is 280 g/mol. The Bertz CT molecular complexity index is 503. The molecule has 1 rings (SSSR count). The first-order valence-corrected chi connectivity index (χ1v) is 5.84. The van der Waals surface area contributed by atoms with Gasteiger partial charge in [0.25, 0.3) is 0 Å². The lowest BCUT2D eigenvalue weighted by Gasteiger charge is -2.22. The molecule has 0 aliphatic carbocycles. The van der Waals surface area contributed by atoms with Crippen LogP contribution in [0.2, 0.25) is 0 Å². The van der Waals surface area contributed by atoms with Gasteiger partial charge in [0.15, 0.2) is 0 Å². The van der Waals surface area contributed by atoms with Crippen LogP contribution in [0.25, 0.3) is 0 Å². The first kappa shape index (κ1) is 15.6. The lowest BCUT2D eigenvalue weighted by atomic mass is 10.0. The molecule has 0 aliphatic heterocycles. The molecule has 1 aromatic carbocycles. The van der Waals surface area contributed by atoms with Crippen molar-refractivity contribution < 1.29 is 24.2 Å². The highest BCUT2D eigenvalue weighted by Gasteiger charge is 2.44. The molecule has 7 nitrogen and oxygen atoms in total. The topological polar surface area (TPSA) is 119 Å². The molecule has 0 unspecified atom stereocenters. The van der Waals surface area contributed by atoms with Crippen LogP contribution in [0.1, 0.15) is 12.5 Å². The first-order valence-electron chi connectivity index (χ1n) is 5.84. The number of ether oxygens (including phenoxy) is 1. The van der Waals surface area contributed by atoms with E-state index in [0.717, 1.165) is 0 Å². The highest BCUT2D eigenvalue weighted by molar-refractivity contribution is 6.04. The van der Waals surface area contributed by atoms with E-state index in [1.807, 2.05) is 0 Å². The Balaban J connectivity index is 2.69. The predicted octanol–water partition coefficient (Wildman–Crippen LogP) is -0.352. The summed E-state index contributed by atoms with van der Waals surface area (Å²) in [6, 6.07) is 8.76. The average Bonchev–Trinajstić information content (AvgIpc) is 2.42. The van der Waals surface area contributed by atoms with Crippen molar-refractivity contribution in [2.24, 2.45) is 5.73 Å². The fourth-order valence-electron chi connectivity index (χ4n) is 1.35. The van der Waals surface area contributed by atoms with Crippen LogP contribution < -0.4 is 11.1 Å². The Hall–Kier alpha value is -2.41. The third kappa shape index (κ3) is 4.06. The number of hydrogen-bond acceptors (Lipinski definition) is 5. The van der Waals surface area contributed by atoms with Crippen LogP contribution in [0.3, 0.4) is 0 Å². The maximum Gasteiger partial charge on any atom is 0.340 e. The number of carbonyl (C=O) groups excluding carboxylic acids is 2. The maximum atomic E-state index is 11.8. The van der Waals surface area contributed by atoms with Crippen molar-refractivity contribution in [2.75, 3.05) is 6.54 Å². The van der Waals surface area contributed by atoms with Gasteiger partial charge in [-0.15, -0.1) is 0 Å². The summed E-state index contributed by atoms with van der Waals surface area (Å²) in [5.74, 6) is -3.16. The molecule has 0 fully saturated rings. The van der Waals surface area contributed by atoms with E-state index in [4.69, 9.17) is 15.6 Å². The van der Waals surface area contributed by atoms with Crippen molar-refractivity contribution in [1.82, 2.24) is 5.32 Å². The van der Waals surface area contributed by atoms with Gasteiger partial charge in [-0.2, -0.15) is 0 Å². The van der Waals surface area contributed by atoms with Gasteiger partial charge < -0.3 is 20.9 Å². The van der Waals surface area contributed by atoms with Gasteiger partial charge in [0.2, 0.25) is 11.4 Å². The minimum Gasteiger partial charge on any atom is -0.479 e. The maximum absolute atomic E-state index is 11.8. The fraction of sp³-hybridized carbons (Fsp3) is 0.308. The molecular formula is C13H16N2O5. The van der Waals surface area contributed by atoms with Gasteiger partial charge in [0, 0.05) is 6.92 Å². The Morgan fingerprint density at radius 1 is 1.30 bits per heavy atom. The molecule has 0 heterocycles. The molecule has 108 valence electrons. The van der Waals surface area contributed by atoms with Crippen LogP contribution in [0.4, 0.5) is 0 Å². The Morgan fingerprint density at radius 2 is 1.90 bits per heavy atom. The van der Waals surface area contributed by atoms with Crippen molar-refractivity contribution in [3.63, 3.8) is 0 Å². The molecule has 0 bridgehead atoms. The van der Waals surface area contributed by atoms with Crippen molar-refractivity contribution in [2.45, 2.75) is 19.1 Å². The standard InChI is InChI=1S/C13H16N2O5/c1-9(16)15-8-13(14,11(17)18)12(19)20-7-10-5-3-2-4-6-10/h2-6H,7-8,14H2,1H3,(H,15,16)(H,17,18)/t13-/m0/s1. The van der Waals surface area contributed by atoms with E-state index in [0.29, 0.717) is 5.56 Å². The minimum absolute atomic E-state index is 0.0913. The van der Waals surface area contributed by atoms with Crippen molar-refractivity contribution in [3.8, 4) is 0 Å². The summed E-state index contributed by atoms with van der Waals surface area (Å²) in [6.07, 6.45) is 0. The number of aliphatic carboxylic acids is 1. The number of benzene rings is 1. The Kier molecular flexibility index (Phi) is 5.22. The molecule has 7 heteroatoms. The van der Waals surface area contributed by atoms with E-state index in [1.165, 1.54) is 6.92 Å². The average molecular weight is 280 g/mol. The normalized spacial score (nSPS) is 13.1. The minimum atomic E-state index is -2.31. The second-order valence-corrected chi connectivity index (χ2v) is 4.25.